The summed E-state index contributed by atoms with van der Waals surface area (Å²) in [5.41, 5.74) is 1.09. The fourth-order valence-electron chi connectivity index (χ4n) is 1.25. The third-order valence-corrected chi connectivity index (χ3v) is 4.06. The molecular formula is C10H13ClFNO2S. The zero-order valence-corrected chi connectivity index (χ0v) is 10.6. The maximum absolute atomic E-state index is 13.3. The Morgan fingerprint density at radius 2 is 2.12 bits per heavy atom. The number of hydrogen-bond donors (Lipinski definition) is 1. The number of aryl methyl sites for hydroxylation is 1. The first-order valence-electron chi connectivity index (χ1n) is 4.68. The lowest BCUT2D eigenvalue weighted by Crippen LogP contribution is -2.27. The van der Waals surface area contributed by atoms with Crippen LogP contribution >= 0.6 is 11.6 Å². The fraction of sp³-hybridized carbons (Fsp3) is 0.400. The van der Waals surface area contributed by atoms with Crippen molar-refractivity contribution in [1.82, 2.24) is 4.72 Å². The van der Waals surface area contributed by atoms with Gasteiger partial charge < -0.3 is 0 Å². The van der Waals surface area contributed by atoms with Crippen LogP contribution < -0.4 is 4.72 Å². The molecule has 0 fully saturated rings. The average molecular weight is 266 g/mol. The standard InChI is InChI=1S/C10H13ClFNO2S/c1-7-3-4-9(5-10(7)12)8(2)13-16(14,15)6-11/h3-5,8,13H,6H2,1-2H3. The summed E-state index contributed by atoms with van der Waals surface area (Å²) in [5.74, 6) is -0.352. The van der Waals surface area contributed by atoms with E-state index >= 15 is 0 Å². The molecule has 0 amide bonds. The zero-order valence-electron chi connectivity index (χ0n) is 9.00. The van der Waals surface area contributed by atoms with Gasteiger partial charge in [-0.1, -0.05) is 12.1 Å². The average Bonchev–Trinajstić information content (AvgIpc) is 2.21. The Hall–Kier alpha value is -0.650. The van der Waals surface area contributed by atoms with Gasteiger partial charge in [-0.3, -0.25) is 0 Å². The van der Waals surface area contributed by atoms with Crippen LogP contribution in [0, 0.1) is 12.7 Å². The summed E-state index contributed by atoms with van der Waals surface area (Å²) in [6, 6.07) is 4.10. The molecule has 0 radical (unpaired) electrons. The predicted octanol–water partition coefficient (Wildman–Crippen LogP) is 2.31. The van der Waals surface area contributed by atoms with Gasteiger partial charge in [-0.25, -0.2) is 17.5 Å². The minimum Gasteiger partial charge on any atom is -0.211 e. The largest absolute Gasteiger partial charge is 0.226 e. The smallest absolute Gasteiger partial charge is 0.211 e. The van der Waals surface area contributed by atoms with E-state index in [1.165, 1.54) is 6.07 Å². The van der Waals surface area contributed by atoms with Crippen LogP contribution in [0.4, 0.5) is 4.39 Å². The van der Waals surface area contributed by atoms with Crippen LogP contribution in [0.15, 0.2) is 18.2 Å². The molecule has 0 spiro atoms. The van der Waals surface area contributed by atoms with E-state index in [2.05, 4.69) is 4.72 Å². The Balaban J connectivity index is 2.89. The molecule has 0 bridgehead atoms. The molecular weight excluding hydrogens is 253 g/mol. The molecule has 1 rings (SSSR count). The second kappa shape index (κ2) is 5.12. The third kappa shape index (κ3) is 3.43. The molecule has 1 aromatic rings. The lowest BCUT2D eigenvalue weighted by molar-refractivity contribution is 0.568. The molecule has 1 atom stereocenters. The van der Waals surface area contributed by atoms with E-state index in [4.69, 9.17) is 11.6 Å². The van der Waals surface area contributed by atoms with Gasteiger partial charge in [-0.05, 0) is 31.0 Å². The van der Waals surface area contributed by atoms with Crippen molar-refractivity contribution in [2.75, 3.05) is 5.21 Å². The molecule has 6 heteroatoms. The van der Waals surface area contributed by atoms with E-state index in [-0.39, 0.29) is 5.82 Å². The third-order valence-electron chi connectivity index (χ3n) is 2.20. The van der Waals surface area contributed by atoms with Gasteiger partial charge in [0.25, 0.3) is 0 Å². The molecule has 0 aromatic heterocycles. The first kappa shape index (κ1) is 13.4. The van der Waals surface area contributed by atoms with Crippen LogP contribution in [0.5, 0.6) is 0 Å². The first-order chi connectivity index (χ1) is 7.35. The summed E-state index contributed by atoms with van der Waals surface area (Å²) < 4.78 is 38.0. The van der Waals surface area contributed by atoms with E-state index < -0.39 is 21.3 Å². The van der Waals surface area contributed by atoms with Crippen LogP contribution in [0.1, 0.15) is 24.1 Å². The lowest BCUT2D eigenvalue weighted by atomic mass is 10.1. The highest BCUT2D eigenvalue weighted by atomic mass is 35.5. The van der Waals surface area contributed by atoms with Crippen molar-refractivity contribution in [2.45, 2.75) is 19.9 Å². The molecule has 1 N–H and O–H groups in total. The molecule has 16 heavy (non-hydrogen) atoms. The van der Waals surface area contributed by atoms with Crippen molar-refractivity contribution >= 4 is 21.6 Å². The number of hydrogen-bond acceptors (Lipinski definition) is 2. The van der Waals surface area contributed by atoms with Crippen LogP contribution in [-0.4, -0.2) is 13.6 Å². The normalized spacial score (nSPS) is 13.8. The zero-order chi connectivity index (χ0) is 12.3. The van der Waals surface area contributed by atoms with Gasteiger partial charge in [0, 0.05) is 6.04 Å². The maximum Gasteiger partial charge on any atom is 0.226 e. The van der Waals surface area contributed by atoms with Gasteiger partial charge in [0.2, 0.25) is 10.0 Å². The van der Waals surface area contributed by atoms with Gasteiger partial charge in [-0.2, -0.15) is 0 Å². The summed E-state index contributed by atoms with van der Waals surface area (Å²) in [7, 11) is -3.50. The summed E-state index contributed by atoms with van der Waals surface area (Å²) in [5, 5.41) is -0.508. The van der Waals surface area contributed by atoms with Crippen molar-refractivity contribution in [3.8, 4) is 0 Å². The van der Waals surface area contributed by atoms with E-state index in [9.17, 15) is 12.8 Å². The Labute approximate surface area is 99.7 Å². The lowest BCUT2D eigenvalue weighted by Gasteiger charge is -2.13. The molecule has 90 valence electrons. The van der Waals surface area contributed by atoms with E-state index in [0.29, 0.717) is 11.1 Å². The molecule has 0 aliphatic rings. The fourth-order valence-corrected chi connectivity index (χ4v) is 2.17. The van der Waals surface area contributed by atoms with Crippen molar-refractivity contribution in [3.63, 3.8) is 0 Å². The first-order valence-corrected chi connectivity index (χ1v) is 6.86. The second-order valence-corrected chi connectivity index (χ2v) is 5.91. The van der Waals surface area contributed by atoms with Crippen LogP contribution in [0.25, 0.3) is 0 Å². The highest BCUT2D eigenvalue weighted by Gasteiger charge is 2.15. The number of nitrogens with one attached hydrogen (secondary N) is 1. The van der Waals surface area contributed by atoms with Crippen LogP contribution in [0.2, 0.25) is 0 Å². The number of halogens is 2. The van der Waals surface area contributed by atoms with Crippen LogP contribution in [-0.2, 0) is 10.0 Å². The number of sulfonamides is 1. The van der Waals surface area contributed by atoms with Crippen molar-refractivity contribution in [1.29, 1.82) is 0 Å². The number of alkyl halides is 1. The van der Waals surface area contributed by atoms with E-state index in [0.717, 1.165) is 0 Å². The van der Waals surface area contributed by atoms with Gasteiger partial charge in [0.15, 0.2) is 0 Å². The monoisotopic (exact) mass is 265 g/mol. The van der Waals surface area contributed by atoms with E-state index in [1.807, 2.05) is 0 Å². The molecule has 0 aliphatic heterocycles. The minimum absolute atomic E-state index is 0.352. The Kier molecular flexibility index (Phi) is 4.29. The highest BCUT2D eigenvalue weighted by molar-refractivity contribution is 7.90. The molecule has 0 heterocycles. The topological polar surface area (TPSA) is 46.2 Å². The molecule has 1 unspecified atom stereocenters. The van der Waals surface area contributed by atoms with Gasteiger partial charge in [-0.15, -0.1) is 11.6 Å². The number of rotatable bonds is 4. The van der Waals surface area contributed by atoms with Gasteiger partial charge in [0.05, 0.1) is 0 Å². The SMILES string of the molecule is Cc1ccc(C(C)NS(=O)(=O)CCl)cc1F. The Morgan fingerprint density at radius 1 is 1.50 bits per heavy atom. The summed E-state index contributed by atoms with van der Waals surface area (Å²) in [6.45, 7) is 3.28. The van der Waals surface area contributed by atoms with Crippen molar-refractivity contribution in [2.24, 2.45) is 0 Å². The quantitative estimate of drug-likeness (QED) is 0.849. The van der Waals surface area contributed by atoms with Crippen LogP contribution in [0.3, 0.4) is 0 Å². The molecule has 0 saturated carbocycles. The molecule has 3 nitrogen and oxygen atoms in total. The molecule has 0 aliphatic carbocycles. The Bertz CT molecular complexity index is 476. The summed E-state index contributed by atoms with van der Waals surface area (Å²) in [4.78, 5) is 0. The Morgan fingerprint density at radius 3 is 2.62 bits per heavy atom. The summed E-state index contributed by atoms with van der Waals surface area (Å²) in [6.07, 6.45) is 0. The second-order valence-electron chi connectivity index (χ2n) is 3.57. The maximum atomic E-state index is 13.3. The number of benzene rings is 1. The van der Waals surface area contributed by atoms with Gasteiger partial charge >= 0.3 is 0 Å². The van der Waals surface area contributed by atoms with E-state index in [1.54, 1.807) is 26.0 Å². The molecule has 0 saturated heterocycles. The predicted molar refractivity (Wildman–Crippen MR) is 62.3 cm³/mol. The minimum atomic E-state index is -3.50. The van der Waals surface area contributed by atoms with Gasteiger partial charge in [0.1, 0.15) is 11.0 Å². The molecule has 1 aromatic carbocycles. The van der Waals surface area contributed by atoms with Crippen molar-refractivity contribution < 1.29 is 12.8 Å². The highest BCUT2D eigenvalue weighted by Crippen LogP contribution is 2.17. The summed E-state index contributed by atoms with van der Waals surface area (Å²) >= 11 is 5.26. The van der Waals surface area contributed by atoms with Crippen molar-refractivity contribution in [3.05, 3.63) is 35.1 Å².